The third kappa shape index (κ3) is 13.2. The highest BCUT2D eigenvalue weighted by atomic mass is 16.4. The summed E-state index contributed by atoms with van der Waals surface area (Å²) in [6, 6.07) is 0. The van der Waals surface area contributed by atoms with Gasteiger partial charge >= 0.3 is 0 Å². The van der Waals surface area contributed by atoms with Crippen molar-refractivity contribution in [2.45, 2.75) is 51.2 Å². The molecule has 5 heteroatoms. The number of rotatable bonds is 8. The molecule has 3 N–H and O–H groups in total. The highest BCUT2D eigenvalue weighted by Crippen LogP contribution is 1.95. The molecule has 0 aromatic carbocycles. The predicted octanol–water partition coefficient (Wildman–Crippen LogP) is 0.0551. The average Bonchev–Trinajstić information content (AvgIpc) is 2.30. The van der Waals surface area contributed by atoms with Crippen LogP contribution in [0.25, 0.3) is 0 Å². The maximum atomic E-state index is 9.68. The van der Waals surface area contributed by atoms with Crippen LogP contribution in [-0.2, 0) is 9.59 Å². The largest absolute Gasteiger partial charge is 0.394 e. The van der Waals surface area contributed by atoms with Gasteiger partial charge in [-0.3, -0.25) is 0 Å². The predicted molar refractivity (Wildman–Crippen MR) is 60.0 cm³/mol. The Morgan fingerprint density at radius 3 is 2.06 bits per heavy atom. The van der Waals surface area contributed by atoms with Gasteiger partial charge in [-0.15, -0.1) is 0 Å². The summed E-state index contributed by atoms with van der Waals surface area (Å²) in [6.45, 7) is 1.61. The molecule has 0 amide bonds. The number of carbonyl (C=O) groups is 2. The van der Waals surface area contributed by atoms with E-state index in [2.05, 4.69) is 6.92 Å². The van der Waals surface area contributed by atoms with Crippen molar-refractivity contribution in [2.75, 3.05) is 6.61 Å². The van der Waals surface area contributed by atoms with Crippen molar-refractivity contribution in [2.24, 2.45) is 0 Å². The van der Waals surface area contributed by atoms with E-state index >= 15 is 0 Å². The molecule has 0 spiro atoms. The van der Waals surface area contributed by atoms with Crippen LogP contribution in [0.3, 0.4) is 0 Å². The minimum atomic E-state index is -1.20. The molecule has 5 nitrogen and oxygen atoms in total. The first-order valence-electron chi connectivity index (χ1n) is 5.48. The van der Waals surface area contributed by atoms with E-state index in [0.717, 1.165) is 19.1 Å². The van der Waals surface area contributed by atoms with Gasteiger partial charge in [0.1, 0.15) is 18.7 Å². The summed E-state index contributed by atoms with van der Waals surface area (Å²) in [5.74, 6) is 0. The van der Waals surface area contributed by atoms with Crippen molar-refractivity contribution in [1.82, 2.24) is 0 Å². The van der Waals surface area contributed by atoms with E-state index in [0.29, 0.717) is 6.29 Å². The summed E-state index contributed by atoms with van der Waals surface area (Å²) in [6.07, 6.45) is 3.21. The topological polar surface area (TPSA) is 94.8 Å². The van der Waals surface area contributed by atoms with Crippen LogP contribution in [-0.4, -0.2) is 46.7 Å². The molecule has 0 heterocycles. The van der Waals surface area contributed by atoms with Crippen LogP contribution in [0.15, 0.2) is 0 Å². The monoisotopic (exact) mass is 234 g/mol. The molecule has 0 aromatic heterocycles. The summed E-state index contributed by atoms with van der Waals surface area (Å²) in [7, 11) is 0. The normalized spacial score (nSPS) is 13.2. The lowest BCUT2D eigenvalue weighted by molar-refractivity contribution is -0.112. The minimum absolute atomic E-state index is 0.137. The van der Waals surface area contributed by atoms with Gasteiger partial charge in [0.15, 0.2) is 0 Å². The Hall–Kier alpha value is -0.780. The van der Waals surface area contributed by atoms with Gasteiger partial charge < -0.3 is 24.9 Å². The molecule has 0 radical (unpaired) electrons. The van der Waals surface area contributed by atoms with E-state index in [1.54, 1.807) is 0 Å². The number of aliphatic hydroxyl groups excluding tert-OH is 3. The molecular formula is C11H22O5. The molecule has 2 atom stereocenters. The fraction of sp³-hybridized carbons (Fsp3) is 0.818. The van der Waals surface area contributed by atoms with Crippen LogP contribution in [0, 0.1) is 0 Å². The number of aliphatic hydroxyl groups is 3. The summed E-state index contributed by atoms with van der Waals surface area (Å²) in [5.41, 5.74) is 0. The van der Waals surface area contributed by atoms with E-state index in [1.807, 2.05) is 0 Å². The molecule has 0 aromatic rings. The zero-order chi connectivity index (χ0) is 12.8. The average molecular weight is 234 g/mol. The molecule has 0 fully saturated rings. The highest BCUT2D eigenvalue weighted by Gasteiger charge is 2.13. The Labute approximate surface area is 96.1 Å². The molecule has 0 rings (SSSR count). The van der Waals surface area contributed by atoms with Gasteiger partial charge in [-0.05, 0) is 6.42 Å². The van der Waals surface area contributed by atoms with Crippen LogP contribution in [0.5, 0.6) is 0 Å². The number of unbranched alkanes of at least 4 members (excludes halogenated alkanes) is 3. The third-order valence-corrected chi connectivity index (χ3v) is 1.89. The van der Waals surface area contributed by atoms with Crippen LogP contribution >= 0.6 is 0 Å². The quantitative estimate of drug-likeness (QED) is 0.407. The van der Waals surface area contributed by atoms with Crippen molar-refractivity contribution >= 4 is 12.6 Å². The van der Waals surface area contributed by atoms with Crippen molar-refractivity contribution < 1.29 is 24.9 Å². The van der Waals surface area contributed by atoms with Gasteiger partial charge in [-0.25, -0.2) is 0 Å². The minimum Gasteiger partial charge on any atom is -0.394 e. The molecule has 0 aliphatic rings. The van der Waals surface area contributed by atoms with Crippen molar-refractivity contribution in [3.63, 3.8) is 0 Å². The van der Waals surface area contributed by atoms with E-state index < -0.39 is 18.8 Å². The molecule has 0 saturated carbocycles. The van der Waals surface area contributed by atoms with Gasteiger partial charge in [0, 0.05) is 12.8 Å². The van der Waals surface area contributed by atoms with E-state index in [4.69, 9.17) is 15.3 Å². The Kier molecular flexibility index (Phi) is 15.7. The van der Waals surface area contributed by atoms with E-state index in [1.165, 1.54) is 12.8 Å². The second-order valence-corrected chi connectivity index (χ2v) is 3.38. The molecule has 0 unspecified atom stereocenters. The maximum Gasteiger partial charge on any atom is 0.122 e. The molecule has 0 saturated heterocycles. The molecule has 16 heavy (non-hydrogen) atoms. The van der Waals surface area contributed by atoms with Crippen LogP contribution in [0.1, 0.15) is 39.0 Å². The SMILES string of the molecule is CCCCCC=O.O=CC[C@H](O)[C@H](O)CO. The molecular weight excluding hydrogens is 212 g/mol. The van der Waals surface area contributed by atoms with Gasteiger partial charge in [-0.2, -0.15) is 0 Å². The molecule has 0 aliphatic heterocycles. The number of aldehydes is 2. The third-order valence-electron chi connectivity index (χ3n) is 1.89. The first-order valence-corrected chi connectivity index (χ1v) is 5.48. The van der Waals surface area contributed by atoms with Crippen molar-refractivity contribution in [3.05, 3.63) is 0 Å². The first-order chi connectivity index (χ1) is 7.63. The highest BCUT2D eigenvalue weighted by molar-refractivity contribution is 5.50. The second kappa shape index (κ2) is 14.2. The summed E-state index contributed by atoms with van der Waals surface area (Å²) in [5, 5.41) is 25.5. The fourth-order valence-electron chi connectivity index (χ4n) is 0.855. The maximum absolute atomic E-state index is 9.68. The van der Waals surface area contributed by atoms with Gasteiger partial charge in [0.2, 0.25) is 0 Å². The van der Waals surface area contributed by atoms with Gasteiger partial charge in [0.05, 0.1) is 12.7 Å². The summed E-state index contributed by atoms with van der Waals surface area (Å²) >= 11 is 0. The van der Waals surface area contributed by atoms with Gasteiger partial charge in [-0.1, -0.05) is 19.8 Å². The second-order valence-electron chi connectivity index (χ2n) is 3.38. The van der Waals surface area contributed by atoms with Crippen LogP contribution in [0.2, 0.25) is 0 Å². The zero-order valence-electron chi connectivity index (χ0n) is 9.71. The Morgan fingerprint density at radius 2 is 1.69 bits per heavy atom. The summed E-state index contributed by atoms with van der Waals surface area (Å²) in [4.78, 5) is 19.4. The summed E-state index contributed by atoms with van der Waals surface area (Å²) < 4.78 is 0. The lowest BCUT2D eigenvalue weighted by Gasteiger charge is -2.11. The van der Waals surface area contributed by atoms with E-state index in [-0.39, 0.29) is 6.42 Å². The zero-order valence-corrected chi connectivity index (χ0v) is 9.71. The fourth-order valence-corrected chi connectivity index (χ4v) is 0.855. The first kappa shape index (κ1) is 17.6. The number of hydrogen-bond acceptors (Lipinski definition) is 5. The van der Waals surface area contributed by atoms with Gasteiger partial charge in [0.25, 0.3) is 0 Å². The van der Waals surface area contributed by atoms with Crippen LogP contribution < -0.4 is 0 Å². The smallest absolute Gasteiger partial charge is 0.122 e. The molecule has 96 valence electrons. The number of hydrogen-bond donors (Lipinski definition) is 3. The Balaban J connectivity index is 0. The lowest BCUT2D eigenvalue weighted by Crippen LogP contribution is -2.29. The molecule has 0 bridgehead atoms. The van der Waals surface area contributed by atoms with E-state index in [9.17, 15) is 9.59 Å². The Morgan fingerprint density at radius 1 is 1.06 bits per heavy atom. The Bertz CT molecular complexity index is 160. The standard InChI is InChI=1S/C6H12O.C5H10O4/c1-2-3-4-5-6-7;6-2-1-4(8)5(9)3-7/h6H,2-5H2,1H3;2,4-5,7-9H,1,3H2/t;4-,5+/m.0/s1. The van der Waals surface area contributed by atoms with Crippen molar-refractivity contribution in [3.8, 4) is 0 Å². The van der Waals surface area contributed by atoms with Crippen LogP contribution in [0.4, 0.5) is 0 Å². The molecule has 0 aliphatic carbocycles. The number of carbonyl (C=O) groups excluding carboxylic acids is 2. The lowest BCUT2D eigenvalue weighted by atomic mass is 10.2. The van der Waals surface area contributed by atoms with Crippen molar-refractivity contribution in [1.29, 1.82) is 0 Å².